The van der Waals surface area contributed by atoms with Gasteiger partial charge in [0, 0.05) is 18.1 Å². The number of nitrogens with zero attached hydrogens (tertiary/aromatic N) is 1. The first-order chi connectivity index (χ1) is 5.99. The summed E-state index contributed by atoms with van der Waals surface area (Å²) >= 11 is 0. The average molecular weight is 184 g/mol. The molecule has 1 heterocycles. The first-order valence-corrected chi connectivity index (χ1v) is 5.46. The lowest BCUT2D eigenvalue weighted by atomic mass is 9.96. The molecule has 0 aromatic carbocycles. The zero-order valence-corrected chi connectivity index (χ0v) is 9.51. The third kappa shape index (κ3) is 2.23. The monoisotopic (exact) mass is 184 g/mol. The van der Waals surface area contributed by atoms with E-state index < -0.39 is 0 Å². The van der Waals surface area contributed by atoms with Crippen LogP contribution in [-0.4, -0.2) is 29.6 Å². The minimum absolute atomic E-state index is 0.186. The SMILES string of the molecule is CC(C)C1CCCN1C(C)(C)CN. The minimum atomic E-state index is 0.186. The maximum atomic E-state index is 5.81. The van der Waals surface area contributed by atoms with Gasteiger partial charge in [0.2, 0.25) is 0 Å². The normalized spacial score (nSPS) is 25.8. The molecular formula is C11H24N2. The van der Waals surface area contributed by atoms with Gasteiger partial charge in [0.05, 0.1) is 0 Å². The maximum absolute atomic E-state index is 5.81. The van der Waals surface area contributed by atoms with Crippen LogP contribution in [0.2, 0.25) is 0 Å². The van der Waals surface area contributed by atoms with Gasteiger partial charge < -0.3 is 5.73 Å². The number of likely N-dealkylation sites (tertiary alicyclic amines) is 1. The molecule has 1 unspecified atom stereocenters. The van der Waals surface area contributed by atoms with Gasteiger partial charge in [-0.25, -0.2) is 0 Å². The predicted octanol–water partition coefficient (Wildman–Crippen LogP) is 1.84. The molecule has 2 nitrogen and oxygen atoms in total. The second-order valence-electron chi connectivity index (χ2n) is 5.16. The van der Waals surface area contributed by atoms with Crippen LogP contribution in [0, 0.1) is 5.92 Å². The van der Waals surface area contributed by atoms with Crippen LogP contribution in [0.4, 0.5) is 0 Å². The van der Waals surface area contributed by atoms with E-state index in [-0.39, 0.29) is 5.54 Å². The maximum Gasteiger partial charge on any atom is 0.0278 e. The van der Waals surface area contributed by atoms with E-state index >= 15 is 0 Å². The second kappa shape index (κ2) is 3.97. The van der Waals surface area contributed by atoms with E-state index in [9.17, 15) is 0 Å². The molecule has 0 saturated carbocycles. The number of hydrogen-bond acceptors (Lipinski definition) is 2. The third-order valence-corrected chi connectivity index (χ3v) is 3.35. The summed E-state index contributed by atoms with van der Waals surface area (Å²) < 4.78 is 0. The van der Waals surface area contributed by atoms with Crippen molar-refractivity contribution < 1.29 is 0 Å². The van der Waals surface area contributed by atoms with E-state index in [1.165, 1.54) is 19.4 Å². The summed E-state index contributed by atoms with van der Waals surface area (Å²) in [6, 6.07) is 0.749. The van der Waals surface area contributed by atoms with Crippen LogP contribution in [0.5, 0.6) is 0 Å². The third-order valence-electron chi connectivity index (χ3n) is 3.35. The van der Waals surface area contributed by atoms with Crippen LogP contribution >= 0.6 is 0 Å². The van der Waals surface area contributed by atoms with Crippen LogP contribution in [-0.2, 0) is 0 Å². The van der Waals surface area contributed by atoms with Gasteiger partial charge in [0.25, 0.3) is 0 Å². The molecule has 1 aliphatic rings. The van der Waals surface area contributed by atoms with Crippen LogP contribution in [0.1, 0.15) is 40.5 Å². The molecule has 1 fully saturated rings. The lowest BCUT2D eigenvalue weighted by Crippen LogP contribution is -2.52. The fourth-order valence-electron chi connectivity index (χ4n) is 2.35. The predicted molar refractivity (Wildman–Crippen MR) is 57.7 cm³/mol. The van der Waals surface area contributed by atoms with E-state index in [1.807, 2.05) is 0 Å². The zero-order valence-electron chi connectivity index (χ0n) is 9.51. The van der Waals surface area contributed by atoms with Gasteiger partial charge in [-0.05, 0) is 39.2 Å². The van der Waals surface area contributed by atoms with E-state index in [1.54, 1.807) is 0 Å². The molecule has 1 saturated heterocycles. The Kier molecular flexibility index (Phi) is 3.36. The lowest BCUT2D eigenvalue weighted by Gasteiger charge is -2.40. The Hall–Kier alpha value is -0.0800. The molecule has 0 aliphatic carbocycles. The molecule has 1 aliphatic heterocycles. The molecule has 13 heavy (non-hydrogen) atoms. The largest absolute Gasteiger partial charge is 0.329 e. The van der Waals surface area contributed by atoms with Crippen molar-refractivity contribution in [2.75, 3.05) is 13.1 Å². The highest BCUT2D eigenvalue weighted by Crippen LogP contribution is 2.30. The van der Waals surface area contributed by atoms with Crippen molar-refractivity contribution in [1.82, 2.24) is 4.90 Å². The summed E-state index contributed by atoms with van der Waals surface area (Å²) in [6.07, 6.45) is 2.69. The Balaban J connectivity index is 2.68. The molecule has 0 aromatic rings. The van der Waals surface area contributed by atoms with E-state index in [2.05, 4.69) is 32.6 Å². The van der Waals surface area contributed by atoms with Gasteiger partial charge in [-0.2, -0.15) is 0 Å². The Morgan fingerprint density at radius 2 is 2.08 bits per heavy atom. The molecular weight excluding hydrogens is 160 g/mol. The molecule has 0 amide bonds. The summed E-state index contributed by atoms with van der Waals surface area (Å²) in [5, 5.41) is 0. The Bertz CT molecular complexity index is 163. The molecule has 0 aromatic heterocycles. The van der Waals surface area contributed by atoms with Gasteiger partial charge in [0.1, 0.15) is 0 Å². The van der Waals surface area contributed by atoms with Crippen molar-refractivity contribution in [2.45, 2.75) is 52.1 Å². The molecule has 1 rings (SSSR count). The number of rotatable bonds is 3. The van der Waals surface area contributed by atoms with Gasteiger partial charge in [-0.1, -0.05) is 13.8 Å². The minimum Gasteiger partial charge on any atom is -0.329 e. The second-order valence-corrected chi connectivity index (χ2v) is 5.16. The van der Waals surface area contributed by atoms with Crippen molar-refractivity contribution in [1.29, 1.82) is 0 Å². The van der Waals surface area contributed by atoms with Gasteiger partial charge in [-0.3, -0.25) is 4.90 Å². The van der Waals surface area contributed by atoms with Crippen molar-refractivity contribution in [3.63, 3.8) is 0 Å². The summed E-state index contributed by atoms with van der Waals surface area (Å²) in [4.78, 5) is 2.59. The smallest absolute Gasteiger partial charge is 0.0278 e. The fraction of sp³-hybridized carbons (Fsp3) is 1.00. The van der Waals surface area contributed by atoms with Crippen LogP contribution in [0.3, 0.4) is 0 Å². The van der Waals surface area contributed by atoms with Crippen LogP contribution in [0.25, 0.3) is 0 Å². The van der Waals surface area contributed by atoms with Crippen molar-refractivity contribution in [3.8, 4) is 0 Å². The molecule has 2 N–H and O–H groups in total. The number of nitrogens with two attached hydrogens (primary N) is 1. The van der Waals surface area contributed by atoms with Gasteiger partial charge >= 0.3 is 0 Å². The summed E-state index contributed by atoms with van der Waals surface area (Å²) in [5.74, 6) is 0.758. The first kappa shape index (κ1) is 11.0. The Labute approximate surface area is 82.5 Å². The zero-order chi connectivity index (χ0) is 10.1. The average Bonchev–Trinajstić information content (AvgIpc) is 2.52. The molecule has 0 bridgehead atoms. The van der Waals surface area contributed by atoms with Gasteiger partial charge in [-0.15, -0.1) is 0 Å². The Morgan fingerprint density at radius 3 is 2.54 bits per heavy atom. The quantitative estimate of drug-likeness (QED) is 0.725. The van der Waals surface area contributed by atoms with Crippen molar-refractivity contribution in [3.05, 3.63) is 0 Å². The highest BCUT2D eigenvalue weighted by molar-refractivity contribution is 4.92. The topological polar surface area (TPSA) is 29.3 Å². The first-order valence-electron chi connectivity index (χ1n) is 5.46. The standard InChI is InChI=1S/C11H24N2/c1-9(2)10-6-5-7-13(10)11(3,4)8-12/h9-10H,5-8,12H2,1-4H3. The summed E-state index contributed by atoms with van der Waals surface area (Å²) in [7, 11) is 0. The van der Waals surface area contributed by atoms with Crippen LogP contribution < -0.4 is 5.73 Å². The van der Waals surface area contributed by atoms with Crippen molar-refractivity contribution >= 4 is 0 Å². The molecule has 0 radical (unpaired) electrons. The molecule has 2 heteroatoms. The highest BCUT2D eigenvalue weighted by atomic mass is 15.2. The number of hydrogen-bond donors (Lipinski definition) is 1. The molecule has 78 valence electrons. The van der Waals surface area contributed by atoms with E-state index in [4.69, 9.17) is 5.73 Å². The highest BCUT2D eigenvalue weighted by Gasteiger charge is 2.36. The summed E-state index contributed by atoms with van der Waals surface area (Å²) in [5.41, 5.74) is 5.99. The van der Waals surface area contributed by atoms with Crippen molar-refractivity contribution in [2.24, 2.45) is 11.7 Å². The lowest BCUT2D eigenvalue weighted by molar-refractivity contribution is 0.0878. The Morgan fingerprint density at radius 1 is 1.46 bits per heavy atom. The van der Waals surface area contributed by atoms with Gasteiger partial charge in [0.15, 0.2) is 0 Å². The van der Waals surface area contributed by atoms with E-state index in [0.717, 1.165) is 18.5 Å². The van der Waals surface area contributed by atoms with E-state index in [0.29, 0.717) is 0 Å². The molecule has 0 spiro atoms. The molecule has 1 atom stereocenters. The fourth-order valence-corrected chi connectivity index (χ4v) is 2.35. The summed E-state index contributed by atoms with van der Waals surface area (Å²) in [6.45, 7) is 11.1. The van der Waals surface area contributed by atoms with Crippen LogP contribution in [0.15, 0.2) is 0 Å².